The van der Waals surface area contributed by atoms with Crippen LogP contribution in [0.25, 0.3) is 0 Å². The van der Waals surface area contributed by atoms with Crippen LogP contribution in [0.4, 0.5) is 13.2 Å². The van der Waals surface area contributed by atoms with Gasteiger partial charge in [0, 0.05) is 0 Å². The van der Waals surface area contributed by atoms with E-state index in [9.17, 15) is 13.2 Å². The van der Waals surface area contributed by atoms with Gasteiger partial charge >= 0.3 is 0 Å². The van der Waals surface area contributed by atoms with Crippen LogP contribution in [0, 0.1) is 35.2 Å². The maximum atomic E-state index is 13.4. The van der Waals surface area contributed by atoms with Crippen molar-refractivity contribution in [1.82, 2.24) is 0 Å². The fraction of sp³-hybridized carbons (Fsp3) is 0.714. The Balaban J connectivity index is 0.00000100. The van der Waals surface area contributed by atoms with Crippen molar-refractivity contribution >= 4 is 0 Å². The van der Waals surface area contributed by atoms with E-state index in [1.165, 1.54) is 37.8 Å². The molecule has 0 heterocycles. The molecule has 0 spiro atoms. The molecule has 3 rings (SSSR count). The Kier molecular flexibility index (Phi) is 7.18. The molecule has 2 aliphatic rings. The lowest BCUT2D eigenvalue weighted by atomic mass is 9.68. The molecule has 2 aliphatic carbocycles. The molecule has 2 saturated carbocycles. The predicted molar refractivity (Wildman–Crippen MR) is 93.5 cm³/mol. The Morgan fingerprint density at radius 3 is 1.58 bits per heavy atom. The van der Waals surface area contributed by atoms with Crippen molar-refractivity contribution in [3.8, 4) is 0 Å². The van der Waals surface area contributed by atoms with Crippen LogP contribution in [0.5, 0.6) is 0 Å². The molecule has 2 fully saturated rings. The van der Waals surface area contributed by atoms with E-state index in [4.69, 9.17) is 0 Å². The Bertz CT molecular complexity index is 487. The zero-order valence-electron chi connectivity index (χ0n) is 15.3. The van der Waals surface area contributed by atoms with Crippen LogP contribution >= 0.6 is 0 Å². The molecule has 1 aromatic carbocycles. The van der Waals surface area contributed by atoms with Crippen molar-refractivity contribution in [2.24, 2.45) is 17.8 Å². The zero-order valence-corrected chi connectivity index (χ0v) is 15.3. The highest BCUT2D eigenvalue weighted by atomic mass is 19.2. The summed E-state index contributed by atoms with van der Waals surface area (Å²) in [4.78, 5) is 0. The van der Waals surface area contributed by atoms with Gasteiger partial charge in [-0.3, -0.25) is 0 Å². The average Bonchev–Trinajstić information content (AvgIpc) is 2.62. The molecule has 0 nitrogen and oxygen atoms in total. The standard InChI is InChI=1S/C19H25F3.C2H6/c1-12-2-4-13(5-3-12)14-6-8-15(9-7-14)16-10-17(20)19(22)18(21)11-16;1-2/h10-15H,2-9H2,1H3;1-2H3. The monoisotopic (exact) mass is 340 g/mol. The molecule has 0 atom stereocenters. The molecule has 0 radical (unpaired) electrons. The second-order valence-corrected chi connectivity index (χ2v) is 7.43. The third-order valence-corrected chi connectivity index (χ3v) is 5.98. The van der Waals surface area contributed by atoms with Gasteiger partial charge in [-0.15, -0.1) is 0 Å². The summed E-state index contributed by atoms with van der Waals surface area (Å²) >= 11 is 0. The van der Waals surface area contributed by atoms with Crippen LogP contribution in [-0.4, -0.2) is 0 Å². The minimum atomic E-state index is -1.35. The molecule has 0 N–H and O–H groups in total. The fourth-order valence-electron chi connectivity index (χ4n) is 4.49. The Morgan fingerprint density at radius 2 is 1.12 bits per heavy atom. The van der Waals surface area contributed by atoms with Gasteiger partial charge in [0.1, 0.15) is 0 Å². The number of hydrogen-bond acceptors (Lipinski definition) is 0. The van der Waals surface area contributed by atoms with Crippen molar-refractivity contribution in [2.75, 3.05) is 0 Å². The predicted octanol–water partition coefficient (Wildman–Crippen LogP) is 7.23. The molecule has 0 saturated heterocycles. The summed E-state index contributed by atoms with van der Waals surface area (Å²) < 4.78 is 39.8. The number of hydrogen-bond donors (Lipinski definition) is 0. The number of benzene rings is 1. The first kappa shape index (κ1) is 19.3. The fourth-order valence-corrected chi connectivity index (χ4v) is 4.49. The second-order valence-electron chi connectivity index (χ2n) is 7.43. The van der Waals surface area contributed by atoms with Gasteiger partial charge in [-0.25, -0.2) is 13.2 Å². The molecule has 0 amide bonds. The van der Waals surface area contributed by atoms with Crippen LogP contribution < -0.4 is 0 Å². The van der Waals surface area contributed by atoms with Crippen molar-refractivity contribution in [3.05, 3.63) is 35.1 Å². The topological polar surface area (TPSA) is 0 Å². The quantitative estimate of drug-likeness (QED) is 0.498. The Morgan fingerprint density at radius 1 is 0.708 bits per heavy atom. The van der Waals surface area contributed by atoms with E-state index in [1.807, 2.05) is 13.8 Å². The van der Waals surface area contributed by atoms with E-state index in [1.54, 1.807) is 0 Å². The molecule has 24 heavy (non-hydrogen) atoms. The van der Waals surface area contributed by atoms with Crippen molar-refractivity contribution in [2.45, 2.75) is 78.1 Å². The smallest absolute Gasteiger partial charge is 0.194 e. The first-order valence-electron chi connectivity index (χ1n) is 9.69. The number of rotatable bonds is 2. The van der Waals surface area contributed by atoms with E-state index in [0.29, 0.717) is 5.56 Å². The van der Waals surface area contributed by atoms with Crippen molar-refractivity contribution < 1.29 is 13.2 Å². The van der Waals surface area contributed by atoms with Crippen LogP contribution in [0.15, 0.2) is 12.1 Å². The Labute approximate surface area is 144 Å². The van der Waals surface area contributed by atoms with E-state index < -0.39 is 17.5 Å². The SMILES string of the molecule is CC.CC1CCC(C2CCC(c3cc(F)c(F)c(F)c3)CC2)CC1. The maximum absolute atomic E-state index is 13.4. The van der Waals surface area contributed by atoms with E-state index >= 15 is 0 Å². The Hall–Kier alpha value is -0.990. The summed E-state index contributed by atoms with van der Waals surface area (Å²) in [6, 6.07) is 2.37. The average molecular weight is 340 g/mol. The maximum Gasteiger partial charge on any atom is 0.194 e. The minimum Gasteiger partial charge on any atom is -0.204 e. The molecule has 0 unspecified atom stereocenters. The van der Waals surface area contributed by atoms with Gasteiger partial charge in [-0.2, -0.15) is 0 Å². The lowest BCUT2D eigenvalue weighted by molar-refractivity contribution is 0.165. The summed E-state index contributed by atoms with van der Waals surface area (Å²) in [5.74, 6) is -0.788. The van der Waals surface area contributed by atoms with Crippen molar-refractivity contribution in [1.29, 1.82) is 0 Å². The van der Waals surface area contributed by atoms with Gasteiger partial charge < -0.3 is 0 Å². The zero-order chi connectivity index (χ0) is 17.7. The summed E-state index contributed by atoms with van der Waals surface area (Å²) in [6.45, 7) is 6.34. The van der Waals surface area contributed by atoms with Gasteiger partial charge in [0.05, 0.1) is 0 Å². The normalized spacial score (nSPS) is 30.4. The van der Waals surface area contributed by atoms with E-state index in [2.05, 4.69) is 6.92 Å². The molecular weight excluding hydrogens is 309 g/mol. The van der Waals surface area contributed by atoms with E-state index in [-0.39, 0.29) is 5.92 Å². The van der Waals surface area contributed by atoms with Crippen LogP contribution in [0.1, 0.15) is 83.6 Å². The first-order chi connectivity index (χ1) is 11.5. The molecule has 3 heteroatoms. The number of halogens is 3. The summed E-state index contributed by atoms with van der Waals surface area (Å²) in [5, 5.41) is 0. The molecule has 0 aromatic heterocycles. The minimum absolute atomic E-state index is 0.184. The highest BCUT2D eigenvalue weighted by molar-refractivity contribution is 5.23. The van der Waals surface area contributed by atoms with Crippen LogP contribution in [0.3, 0.4) is 0 Å². The van der Waals surface area contributed by atoms with Crippen molar-refractivity contribution in [3.63, 3.8) is 0 Å². The van der Waals surface area contributed by atoms with Gasteiger partial charge in [-0.1, -0.05) is 33.6 Å². The van der Waals surface area contributed by atoms with Crippen LogP contribution in [-0.2, 0) is 0 Å². The van der Waals surface area contributed by atoms with Gasteiger partial charge in [-0.05, 0) is 79.9 Å². The highest BCUT2D eigenvalue weighted by Crippen LogP contribution is 2.44. The lowest BCUT2D eigenvalue weighted by Crippen LogP contribution is -2.24. The summed E-state index contributed by atoms with van der Waals surface area (Å²) in [6.07, 6.45) is 9.61. The largest absolute Gasteiger partial charge is 0.204 e. The third kappa shape index (κ3) is 4.55. The van der Waals surface area contributed by atoms with Crippen LogP contribution in [0.2, 0.25) is 0 Å². The third-order valence-electron chi connectivity index (χ3n) is 5.98. The molecule has 0 bridgehead atoms. The van der Waals surface area contributed by atoms with Gasteiger partial charge in [0.15, 0.2) is 17.5 Å². The summed E-state index contributed by atoms with van der Waals surface area (Å²) in [7, 11) is 0. The molecule has 0 aliphatic heterocycles. The molecule has 1 aromatic rings. The lowest BCUT2D eigenvalue weighted by Gasteiger charge is -2.37. The van der Waals surface area contributed by atoms with Gasteiger partial charge in [0.25, 0.3) is 0 Å². The van der Waals surface area contributed by atoms with Gasteiger partial charge in [0.2, 0.25) is 0 Å². The van der Waals surface area contributed by atoms with E-state index in [0.717, 1.165) is 43.4 Å². The highest BCUT2D eigenvalue weighted by Gasteiger charge is 2.30. The second kappa shape index (κ2) is 8.92. The summed E-state index contributed by atoms with van der Waals surface area (Å²) in [5.41, 5.74) is 0.632. The molecular formula is C21H31F3. The first-order valence-corrected chi connectivity index (χ1v) is 9.69. The molecule has 136 valence electrons.